The lowest BCUT2D eigenvalue weighted by molar-refractivity contribution is 0.307. The zero-order valence-electron chi connectivity index (χ0n) is 11.9. The van der Waals surface area contributed by atoms with Crippen molar-refractivity contribution in [2.75, 3.05) is 13.6 Å². The Labute approximate surface area is 135 Å². The van der Waals surface area contributed by atoms with E-state index in [9.17, 15) is 0 Å². The summed E-state index contributed by atoms with van der Waals surface area (Å²) in [5.74, 6) is 1.07. The molecule has 1 fully saturated rings. The molecule has 4 rings (SSSR count). The van der Waals surface area contributed by atoms with Crippen molar-refractivity contribution in [2.24, 2.45) is 0 Å². The zero-order chi connectivity index (χ0) is 14.6. The highest BCUT2D eigenvalue weighted by Crippen LogP contribution is 2.50. The second kappa shape index (κ2) is 5.01. The van der Waals surface area contributed by atoms with Crippen LogP contribution in [0.3, 0.4) is 0 Å². The Morgan fingerprint density at radius 3 is 2.67 bits per heavy atom. The van der Waals surface area contributed by atoms with Crippen molar-refractivity contribution in [3.63, 3.8) is 0 Å². The summed E-state index contributed by atoms with van der Waals surface area (Å²) in [6, 6.07) is 15.6. The minimum absolute atomic E-state index is 0.499. The predicted molar refractivity (Wildman–Crippen MR) is 88.5 cm³/mol. The summed E-state index contributed by atoms with van der Waals surface area (Å²) < 4.78 is 0. The maximum atomic E-state index is 6.23. The zero-order valence-corrected chi connectivity index (χ0v) is 13.4. The van der Waals surface area contributed by atoms with Crippen molar-refractivity contribution in [3.8, 4) is 0 Å². The summed E-state index contributed by atoms with van der Waals surface area (Å²) in [5, 5.41) is 1.29. The van der Waals surface area contributed by atoms with E-state index in [1.165, 1.54) is 16.7 Å². The highest BCUT2D eigenvalue weighted by Gasteiger charge is 2.46. The van der Waals surface area contributed by atoms with Crippen LogP contribution in [0.5, 0.6) is 0 Å². The van der Waals surface area contributed by atoms with Crippen LogP contribution in [0.2, 0.25) is 10.0 Å². The van der Waals surface area contributed by atoms with E-state index >= 15 is 0 Å². The lowest BCUT2D eigenvalue weighted by Crippen LogP contribution is -2.26. The lowest BCUT2D eigenvalue weighted by Gasteiger charge is -2.20. The number of halogens is 2. The molecule has 0 unspecified atom stereocenters. The molecule has 0 amide bonds. The second-order valence-electron chi connectivity index (χ2n) is 6.22. The van der Waals surface area contributed by atoms with Crippen LogP contribution in [0, 0.1) is 0 Å². The first-order valence-electron chi connectivity index (χ1n) is 7.38. The van der Waals surface area contributed by atoms with Crippen LogP contribution in [0.1, 0.15) is 28.5 Å². The van der Waals surface area contributed by atoms with Gasteiger partial charge in [0, 0.05) is 24.4 Å². The van der Waals surface area contributed by atoms with Gasteiger partial charge in [-0.05, 0) is 42.3 Å². The number of nitrogens with zero attached hydrogens (tertiary/aromatic N) is 1. The largest absolute Gasteiger partial charge is 0.302 e. The Bertz CT molecular complexity index is 697. The molecule has 1 aliphatic heterocycles. The Morgan fingerprint density at radius 2 is 1.86 bits per heavy atom. The number of hydrogen-bond acceptors (Lipinski definition) is 1. The molecule has 2 aliphatic rings. The van der Waals surface area contributed by atoms with E-state index in [1.54, 1.807) is 0 Å². The average molecular weight is 318 g/mol. The van der Waals surface area contributed by atoms with Crippen molar-refractivity contribution in [1.29, 1.82) is 0 Å². The van der Waals surface area contributed by atoms with Crippen LogP contribution >= 0.6 is 23.2 Å². The van der Waals surface area contributed by atoms with Gasteiger partial charge in [0.25, 0.3) is 0 Å². The Hall–Kier alpha value is -1.02. The van der Waals surface area contributed by atoms with Gasteiger partial charge in [-0.15, -0.1) is 0 Å². The maximum Gasteiger partial charge on any atom is 0.0595 e. The molecule has 3 atom stereocenters. The molecule has 1 nitrogen and oxygen atoms in total. The van der Waals surface area contributed by atoms with Crippen molar-refractivity contribution >= 4 is 23.2 Å². The van der Waals surface area contributed by atoms with E-state index in [0.717, 1.165) is 13.0 Å². The summed E-state index contributed by atoms with van der Waals surface area (Å²) in [7, 11) is 2.24. The third-order valence-corrected chi connectivity index (χ3v) is 5.85. The minimum atomic E-state index is 0.499. The third kappa shape index (κ3) is 2.11. The standard InChI is InChI=1S/C18H17Cl2N/c1-21-10-14(12-6-7-15(19)16(20)8-12)18-13-5-3-2-4-11(13)9-17(18)21/h2-8,14,17-18H,9-10H2,1H3/t14-,17-,18-/m0/s1. The number of rotatable bonds is 1. The summed E-state index contributed by atoms with van der Waals surface area (Å²) in [5.41, 5.74) is 4.33. The van der Waals surface area contributed by atoms with Crippen LogP contribution in [-0.4, -0.2) is 24.5 Å². The second-order valence-corrected chi connectivity index (χ2v) is 7.03. The summed E-state index contributed by atoms with van der Waals surface area (Å²) in [4.78, 5) is 2.50. The first-order valence-corrected chi connectivity index (χ1v) is 8.13. The van der Waals surface area contributed by atoms with E-state index in [2.05, 4.69) is 42.3 Å². The summed E-state index contributed by atoms with van der Waals surface area (Å²) >= 11 is 12.3. The van der Waals surface area contributed by atoms with Gasteiger partial charge >= 0.3 is 0 Å². The van der Waals surface area contributed by atoms with Crippen molar-refractivity contribution in [2.45, 2.75) is 24.3 Å². The van der Waals surface area contributed by atoms with Gasteiger partial charge in [-0.25, -0.2) is 0 Å². The molecule has 2 aromatic rings. The number of hydrogen-bond donors (Lipinski definition) is 0. The fourth-order valence-electron chi connectivity index (χ4n) is 4.13. The van der Waals surface area contributed by atoms with Crippen molar-refractivity contribution in [1.82, 2.24) is 4.90 Å². The molecule has 1 heterocycles. The van der Waals surface area contributed by atoms with Gasteiger partial charge in [-0.2, -0.15) is 0 Å². The van der Waals surface area contributed by atoms with Gasteiger partial charge in [-0.1, -0.05) is 53.5 Å². The van der Waals surface area contributed by atoms with Crippen LogP contribution < -0.4 is 0 Å². The Morgan fingerprint density at radius 1 is 1.05 bits per heavy atom. The molecule has 108 valence electrons. The molecular formula is C18H17Cl2N. The van der Waals surface area contributed by atoms with E-state index in [4.69, 9.17) is 23.2 Å². The smallest absolute Gasteiger partial charge is 0.0595 e. The van der Waals surface area contributed by atoms with Gasteiger partial charge in [0.1, 0.15) is 0 Å². The predicted octanol–water partition coefficient (Wildman–Crippen LogP) is 4.73. The highest BCUT2D eigenvalue weighted by atomic mass is 35.5. The van der Waals surface area contributed by atoms with Gasteiger partial charge in [-0.3, -0.25) is 0 Å². The van der Waals surface area contributed by atoms with E-state index in [-0.39, 0.29) is 0 Å². The number of fused-ring (bicyclic) bond motifs is 3. The molecule has 1 aliphatic carbocycles. The van der Waals surface area contributed by atoms with Gasteiger partial charge in [0.2, 0.25) is 0 Å². The quantitative estimate of drug-likeness (QED) is 0.735. The first kappa shape index (κ1) is 13.6. The minimum Gasteiger partial charge on any atom is -0.302 e. The number of benzene rings is 2. The highest BCUT2D eigenvalue weighted by molar-refractivity contribution is 6.42. The normalized spacial score (nSPS) is 27.7. The van der Waals surface area contributed by atoms with Gasteiger partial charge in [0.15, 0.2) is 0 Å². The molecule has 0 spiro atoms. The average Bonchev–Trinajstić information content (AvgIpc) is 3.00. The first-order chi connectivity index (χ1) is 10.1. The van der Waals surface area contributed by atoms with Crippen LogP contribution in [0.15, 0.2) is 42.5 Å². The molecule has 0 aromatic heterocycles. The molecular weight excluding hydrogens is 301 g/mol. The van der Waals surface area contributed by atoms with E-state index < -0.39 is 0 Å². The molecule has 0 N–H and O–H groups in total. The summed E-state index contributed by atoms with van der Waals surface area (Å²) in [6.07, 6.45) is 1.16. The fourth-order valence-corrected chi connectivity index (χ4v) is 4.44. The lowest BCUT2D eigenvalue weighted by atomic mass is 9.84. The maximum absolute atomic E-state index is 6.23. The molecule has 3 heteroatoms. The summed E-state index contributed by atoms with van der Waals surface area (Å²) in [6.45, 7) is 1.08. The van der Waals surface area contributed by atoms with Crippen molar-refractivity contribution in [3.05, 3.63) is 69.2 Å². The third-order valence-electron chi connectivity index (χ3n) is 5.11. The Balaban J connectivity index is 1.78. The van der Waals surface area contributed by atoms with E-state index in [1.807, 2.05) is 12.1 Å². The molecule has 0 bridgehead atoms. The molecule has 0 radical (unpaired) electrons. The monoisotopic (exact) mass is 317 g/mol. The molecule has 21 heavy (non-hydrogen) atoms. The van der Waals surface area contributed by atoms with Crippen LogP contribution in [-0.2, 0) is 6.42 Å². The van der Waals surface area contributed by atoms with Gasteiger partial charge < -0.3 is 4.90 Å². The SMILES string of the molecule is CN1C[C@@H](c2ccc(Cl)c(Cl)c2)[C@@H]2c3ccccc3C[C@@H]21. The fraction of sp³-hybridized carbons (Fsp3) is 0.333. The van der Waals surface area contributed by atoms with E-state index in [0.29, 0.717) is 27.9 Å². The number of likely N-dealkylation sites (N-methyl/N-ethyl adjacent to an activating group) is 1. The van der Waals surface area contributed by atoms with Crippen LogP contribution in [0.4, 0.5) is 0 Å². The van der Waals surface area contributed by atoms with Crippen LogP contribution in [0.25, 0.3) is 0 Å². The molecule has 0 saturated carbocycles. The topological polar surface area (TPSA) is 3.24 Å². The molecule has 1 saturated heterocycles. The van der Waals surface area contributed by atoms with Crippen molar-refractivity contribution < 1.29 is 0 Å². The number of likely N-dealkylation sites (tertiary alicyclic amines) is 1. The van der Waals surface area contributed by atoms with Gasteiger partial charge in [0.05, 0.1) is 10.0 Å². The molecule has 2 aromatic carbocycles. The Kier molecular flexibility index (Phi) is 3.25.